The fraction of sp³-hybridized carbons (Fsp3) is 0.0714. The molecule has 0 radical (unpaired) electrons. The Morgan fingerprint density at radius 1 is 1.23 bits per heavy atom. The summed E-state index contributed by atoms with van der Waals surface area (Å²) in [5.41, 5.74) is -1.73. The molecule has 0 fully saturated rings. The Hall–Kier alpha value is -3.03. The lowest BCUT2D eigenvalue weighted by molar-refractivity contribution is -0.385. The molecular formula is C14H10F2N2O4. The number of nitro benzene ring substituents is 1. The zero-order valence-electron chi connectivity index (χ0n) is 11.3. The summed E-state index contributed by atoms with van der Waals surface area (Å²) in [6.45, 7) is 1.05. The van der Waals surface area contributed by atoms with Gasteiger partial charge in [-0.25, -0.2) is 8.78 Å². The number of rotatable bonds is 4. The number of benzene rings is 2. The molecule has 6 nitrogen and oxygen atoms in total. The molecule has 2 aromatic carbocycles. The fourth-order valence-corrected chi connectivity index (χ4v) is 1.76. The third-order valence-corrected chi connectivity index (χ3v) is 2.61. The van der Waals surface area contributed by atoms with Gasteiger partial charge in [-0.3, -0.25) is 14.9 Å². The largest absolute Gasteiger partial charge is 0.447 e. The van der Waals surface area contributed by atoms with Gasteiger partial charge in [0.1, 0.15) is 5.75 Å². The average Bonchev–Trinajstić information content (AvgIpc) is 2.44. The van der Waals surface area contributed by atoms with Crippen LogP contribution in [0.5, 0.6) is 11.5 Å². The molecule has 0 saturated heterocycles. The van der Waals surface area contributed by atoms with Gasteiger partial charge in [-0.15, -0.1) is 0 Å². The summed E-state index contributed by atoms with van der Waals surface area (Å²) in [6.07, 6.45) is 0. The van der Waals surface area contributed by atoms with Crippen LogP contribution in [0.2, 0.25) is 0 Å². The van der Waals surface area contributed by atoms with Gasteiger partial charge in [-0.2, -0.15) is 0 Å². The van der Waals surface area contributed by atoms with Gasteiger partial charge in [0.2, 0.25) is 11.7 Å². The number of nitrogens with one attached hydrogen (secondary N) is 1. The molecule has 8 heteroatoms. The van der Waals surface area contributed by atoms with Crippen molar-refractivity contribution in [3.8, 4) is 11.5 Å². The third kappa shape index (κ3) is 3.17. The van der Waals surface area contributed by atoms with Gasteiger partial charge in [0.05, 0.1) is 4.92 Å². The normalized spacial score (nSPS) is 10.1. The minimum absolute atomic E-state index is 0.130. The Bertz CT molecular complexity index is 735. The molecule has 0 aliphatic rings. The second kappa shape index (κ2) is 6.17. The monoisotopic (exact) mass is 308 g/mol. The maximum atomic E-state index is 13.9. The van der Waals surface area contributed by atoms with Crippen molar-refractivity contribution >= 4 is 17.3 Å². The lowest BCUT2D eigenvalue weighted by Gasteiger charge is -2.11. The summed E-state index contributed by atoms with van der Waals surface area (Å²) in [4.78, 5) is 21.2. The molecule has 0 heterocycles. The zero-order valence-corrected chi connectivity index (χ0v) is 11.3. The van der Waals surface area contributed by atoms with E-state index in [9.17, 15) is 23.7 Å². The van der Waals surface area contributed by atoms with Crippen molar-refractivity contribution in [3.63, 3.8) is 0 Å². The van der Waals surface area contributed by atoms with Crippen molar-refractivity contribution in [2.45, 2.75) is 6.92 Å². The number of nitro groups is 1. The molecule has 22 heavy (non-hydrogen) atoms. The van der Waals surface area contributed by atoms with E-state index in [1.165, 1.54) is 12.1 Å². The maximum absolute atomic E-state index is 13.9. The first kappa shape index (κ1) is 15.4. The lowest BCUT2D eigenvalue weighted by Crippen LogP contribution is -2.11. The lowest BCUT2D eigenvalue weighted by atomic mass is 10.2. The predicted octanol–water partition coefficient (Wildman–Crippen LogP) is 3.62. The second-order valence-corrected chi connectivity index (χ2v) is 4.25. The van der Waals surface area contributed by atoms with E-state index >= 15 is 0 Å². The maximum Gasteiger partial charge on any atom is 0.340 e. The van der Waals surface area contributed by atoms with Crippen LogP contribution in [0.4, 0.5) is 20.2 Å². The number of hydrogen-bond donors (Lipinski definition) is 1. The number of nitrogens with zero attached hydrogens (tertiary/aromatic N) is 1. The average molecular weight is 308 g/mol. The Balaban J connectivity index is 2.61. The van der Waals surface area contributed by atoms with Gasteiger partial charge in [-0.1, -0.05) is 18.2 Å². The first-order valence-corrected chi connectivity index (χ1v) is 6.07. The summed E-state index contributed by atoms with van der Waals surface area (Å²) in [5.74, 6) is -3.90. The van der Waals surface area contributed by atoms with Crippen LogP contribution in [0.15, 0.2) is 36.4 Å². The molecule has 0 atom stereocenters. The molecular weight excluding hydrogens is 298 g/mol. The standard InChI is InChI=1S/C14H10F2N2O4/c1-8(19)17-12-10(15)7-11(16)14(13(12)18(20)21)22-9-5-3-2-4-6-9/h2-7H,1H3,(H,17,19). The SMILES string of the molecule is CC(=O)Nc1c(F)cc(F)c(Oc2ccccc2)c1[N+](=O)[O-]. The van der Waals surface area contributed by atoms with Crippen LogP contribution in [0, 0.1) is 21.7 Å². The highest BCUT2D eigenvalue weighted by Crippen LogP contribution is 2.41. The number of hydrogen-bond acceptors (Lipinski definition) is 4. The quantitative estimate of drug-likeness (QED) is 0.691. The molecule has 2 aromatic rings. The molecule has 0 aliphatic carbocycles. The zero-order chi connectivity index (χ0) is 16.3. The van der Waals surface area contributed by atoms with Crippen molar-refractivity contribution in [2.75, 3.05) is 5.32 Å². The number of anilines is 1. The van der Waals surface area contributed by atoms with Gasteiger partial charge in [0, 0.05) is 13.0 Å². The molecule has 0 bridgehead atoms. The second-order valence-electron chi connectivity index (χ2n) is 4.25. The van der Waals surface area contributed by atoms with E-state index in [1.54, 1.807) is 18.2 Å². The first-order valence-electron chi connectivity index (χ1n) is 6.07. The van der Waals surface area contributed by atoms with Crippen LogP contribution in [0.25, 0.3) is 0 Å². The van der Waals surface area contributed by atoms with Crippen molar-refractivity contribution < 1.29 is 23.2 Å². The third-order valence-electron chi connectivity index (χ3n) is 2.61. The van der Waals surface area contributed by atoms with Crippen molar-refractivity contribution in [2.24, 2.45) is 0 Å². The van der Waals surface area contributed by atoms with E-state index in [2.05, 4.69) is 0 Å². The topological polar surface area (TPSA) is 81.5 Å². The highest BCUT2D eigenvalue weighted by molar-refractivity contribution is 5.92. The molecule has 0 unspecified atom stereocenters. The van der Waals surface area contributed by atoms with Crippen molar-refractivity contribution in [3.05, 3.63) is 58.1 Å². The summed E-state index contributed by atoms with van der Waals surface area (Å²) in [6, 6.07) is 8.14. The summed E-state index contributed by atoms with van der Waals surface area (Å²) >= 11 is 0. The Kier molecular flexibility index (Phi) is 4.31. The van der Waals surface area contributed by atoms with Crippen molar-refractivity contribution in [1.29, 1.82) is 0 Å². The number of para-hydroxylation sites is 1. The van der Waals surface area contributed by atoms with Crippen LogP contribution in [0.1, 0.15) is 6.92 Å². The van der Waals surface area contributed by atoms with Crippen LogP contribution in [0.3, 0.4) is 0 Å². The number of amides is 1. The van der Waals surface area contributed by atoms with Crippen LogP contribution >= 0.6 is 0 Å². The van der Waals surface area contributed by atoms with Gasteiger partial charge >= 0.3 is 5.69 Å². The first-order chi connectivity index (χ1) is 10.4. The van der Waals surface area contributed by atoms with E-state index in [1.807, 2.05) is 5.32 Å². The number of carbonyl (C=O) groups excluding carboxylic acids is 1. The molecule has 0 spiro atoms. The molecule has 114 valence electrons. The van der Waals surface area contributed by atoms with Gasteiger partial charge in [0.25, 0.3) is 0 Å². The highest BCUT2D eigenvalue weighted by atomic mass is 19.1. The summed E-state index contributed by atoms with van der Waals surface area (Å²) < 4.78 is 32.8. The Morgan fingerprint density at radius 3 is 2.41 bits per heavy atom. The van der Waals surface area contributed by atoms with E-state index in [-0.39, 0.29) is 5.75 Å². The number of carbonyl (C=O) groups is 1. The number of ether oxygens (including phenoxy) is 1. The molecule has 1 amide bonds. The molecule has 1 N–H and O–H groups in total. The van der Waals surface area contributed by atoms with Crippen LogP contribution in [-0.2, 0) is 4.79 Å². The summed E-state index contributed by atoms with van der Waals surface area (Å²) in [5, 5.41) is 13.1. The van der Waals surface area contributed by atoms with E-state index < -0.39 is 39.6 Å². The van der Waals surface area contributed by atoms with E-state index in [0.717, 1.165) is 6.92 Å². The highest BCUT2D eigenvalue weighted by Gasteiger charge is 2.30. The molecule has 0 aliphatic heterocycles. The van der Waals surface area contributed by atoms with E-state index in [0.29, 0.717) is 6.07 Å². The molecule has 2 rings (SSSR count). The van der Waals surface area contributed by atoms with Gasteiger partial charge in [0.15, 0.2) is 17.3 Å². The molecule has 0 aromatic heterocycles. The minimum Gasteiger partial charge on any atom is -0.447 e. The summed E-state index contributed by atoms with van der Waals surface area (Å²) in [7, 11) is 0. The Morgan fingerprint density at radius 2 is 1.86 bits per heavy atom. The van der Waals surface area contributed by atoms with Crippen LogP contribution < -0.4 is 10.1 Å². The Labute approximate surface area is 123 Å². The van der Waals surface area contributed by atoms with Gasteiger partial charge in [-0.05, 0) is 12.1 Å². The van der Waals surface area contributed by atoms with Gasteiger partial charge < -0.3 is 10.1 Å². The number of halogens is 2. The minimum atomic E-state index is -1.26. The fourth-order valence-electron chi connectivity index (χ4n) is 1.76. The van der Waals surface area contributed by atoms with Crippen molar-refractivity contribution in [1.82, 2.24) is 0 Å². The molecule has 0 saturated carbocycles. The smallest absolute Gasteiger partial charge is 0.340 e. The predicted molar refractivity (Wildman–Crippen MR) is 73.8 cm³/mol. The van der Waals surface area contributed by atoms with Crippen LogP contribution in [-0.4, -0.2) is 10.8 Å². The van der Waals surface area contributed by atoms with E-state index in [4.69, 9.17) is 4.74 Å².